The standard InChI is InChI=1S/C14H9F4NO/c15-11-7-5-10(6-8-11)9-19(20)13-4-2-1-3-12(13)14(16,17)18/h1-9H. The first-order valence-corrected chi connectivity index (χ1v) is 5.61. The quantitative estimate of drug-likeness (QED) is 0.268. The van der Waals surface area contributed by atoms with E-state index in [1.807, 2.05) is 0 Å². The van der Waals surface area contributed by atoms with Crippen molar-refractivity contribution in [2.75, 3.05) is 0 Å². The summed E-state index contributed by atoms with van der Waals surface area (Å²) >= 11 is 0. The summed E-state index contributed by atoms with van der Waals surface area (Å²) < 4.78 is 51.1. The fraction of sp³-hybridized carbons (Fsp3) is 0.0714. The third-order valence-corrected chi connectivity index (χ3v) is 2.58. The molecule has 0 heterocycles. The molecule has 0 N–H and O–H groups in total. The Balaban J connectivity index is 2.43. The molecule has 0 unspecified atom stereocenters. The van der Waals surface area contributed by atoms with Gasteiger partial charge in [0.25, 0.3) is 0 Å². The predicted octanol–water partition coefficient (Wildman–Crippen LogP) is 4.11. The van der Waals surface area contributed by atoms with Gasteiger partial charge in [-0.1, -0.05) is 12.1 Å². The zero-order valence-corrected chi connectivity index (χ0v) is 10.1. The molecule has 0 bridgehead atoms. The minimum absolute atomic E-state index is 0.121. The Morgan fingerprint density at radius 1 is 0.950 bits per heavy atom. The lowest BCUT2D eigenvalue weighted by Crippen LogP contribution is -2.10. The highest BCUT2D eigenvalue weighted by atomic mass is 19.4. The molecule has 0 atom stereocenters. The highest BCUT2D eigenvalue weighted by molar-refractivity contribution is 5.76. The maximum absolute atomic E-state index is 12.8. The van der Waals surface area contributed by atoms with Crippen LogP contribution in [0.3, 0.4) is 0 Å². The Bertz CT molecular complexity index is 632. The van der Waals surface area contributed by atoms with Crippen LogP contribution in [0.1, 0.15) is 11.1 Å². The predicted molar refractivity (Wildman–Crippen MR) is 66.3 cm³/mol. The van der Waals surface area contributed by atoms with Crippen molar-refractivity contribution in [3.05, 3.63) is 70.7 Å². The van der Waals surface area contributed by atoms with Crippen molar-refractivity contribution < 1.29 is 22.3 Å². The number of para-hydroxylation sites is 1. The second-order valence-electron chi connectivity index (χ2n) is 4.02. The molecule has 104 valence electrons. The molecule has 0 aromatic heterocycles. The molecule has 0 radical (unpaired) electrons. The van der Waals surface area contributed by atoms with Crippen LogP contribution in [-0.2, 0) is 6.18 Å². The lowest BCUT2D eigenvalue weighted by Gasteiger charge is -2.11. The third-order valence-electron chi connectivity index (χ3n) is 2.58. The van der Waals surface area contributed by atoms with Crippen LogP contribution in [-0.4, -0.2) is 11.0 Å². The Hall–Kier alpha value is -2.37. The summed E-state index contributed by atoms with van der Waals surface area (Å²) in [6, 6.07) is 9.30. The van der Waals surface area contributed by atoms with Gasteiger partial charge in [0.1, 0.15) is 11.4 Å². The molecule has 0 saturated carbocycles. The highest BCUT2D eigenvalue weighted by Crippen LogP contribution is 2.35. The Morgan fingerprint density at radius 3 is 2.15 bits per heavy atom. The molecule has 0 spiro atoms. The van der Waals surface area contributed by atoms with Crippen LogP contribution in [0.2, 0.25) is 0 Å². The normalized spacial score (nSPS) is 12.5. The van der Waals surface area contributed by atoms with E-state index in [2.05, 4.69) is 0 Å². The lowest BCUT2D eigenvalue weighted by atomic mass is 10.1. The second-order valence-corrected chi connectivity index (χ2v) is 4.02. The van der Waals surface area contributed by atoms with E-state index in [1.165, 1.54) is 24.3 Å². The smallest absolute Gasteiger partial charge is 0.422 e. The summed E-state index contributed by atoms with van der Waals surface area (Å²) in [6.07, 6.45) is -3.65. The molecule has 0 aliphatic rings. The number of halogens is 4. The van der Waals surface area contributed by atoms with Crippen LogP contribution in [0.15, 0.2) is 48.5 Å². The van der Waals surface area contributed by atoms with Crippen molar-refractivity contribution in [2.45, 2.75) is 6.18 Å². The largest absolute Gasteiger partial charge is 0.618 e. The van der Waals surface area contributed by atoms with Crippen molar-refractivity contribution >= 4 is 11.9 Å². The number of alkyl halides is 3. The first kappa shape index (κ1) is 14.0. The first-order valence-electron chi connectivity index (χ1n) is 5.61. The maximum Gasteiger partial charge on any atom is 0.422 e. The van der Waals surface area contributed by atoms with Gasteiger partial charge in [-0.25, -0.2) is 4.39 Å². The maximum atomic E-state index is 12.8. The van der Waals surface area contributed by atoms with Crippen molar-refractivity contribution in [3.63, 3.8) is 0 Å². The summed E-state index contributed by atoms with van der Waals surface area (Å²) in [5, 5.41) is 11.8. The van der Waals surface area contributed by atoms with Gasteiger partial charge in [-0.3, -0.25) is 0 Å². The first-order chi connectivity index (χ1) is 9.38. The van der Waals surface area contributed by atoms with Crippen LogP contribution in [0.5, 0.6) is 0 Å². The Labute approximate surface area is 112 Å². The molecule has 2 nitrogen and oxygen atoms in total. The van der Waals surface area contributed by atoms with Gasteiger partial charge in [0.05, 0.1) is 0 Å². The third kappa shape index (κ3) is 3.14. The topological polar surface area (TPSA) is 26.1 Å². The van der Waals surface area contributed by atoms with Crippen LogP contribution in [0.25, 0.3) is 0 Å². The Kier molecular flexibility index (Phi) is 3.74. The summed E-state index contributed by atoms with van der Waals surface area (Å²) in [4.78, 5) is 0. The number of benzene rings is 2. The monoisotopic (exact) mass is 283 g/mol. The van der Waals surface area contributed by atoms with Crippen molar-refractivity contribution in [1.82, 2.24) is 0 Å². The highest BCUT2D eigenvalue weighted by Gasteiger charge is 2.36. The van der Waals surface area contributed by atoms with Gasteiger partial charge in [0, 0.05) is 11.6 Å². The van der Waals surface area contributed by atoms with E-state index in [-0.39, 0.29) is 4.74 Å². The van der Waals surface area contributed by atoms with Gasteiger partial charge in [0.2, 0.25) is 5.69 Å². The van der Waals surface area contributed by atoms with E-state index in [1.54, 1.807) is 0 Å². The van der Waals surface area contributed by atoms with E-state index in [0.717, 1.165) is 30.5 Å². The van der Waals surface area contributed by atoms with Gasteiger partial charge in [-0.15, -0.1) is 0 Å². The average molecular weight is 283 g/mol. The summed E-state index contributed by atoms with van der Waals surface area (Å²) in [7, 11) is 0. The van der Waals surface area contributed by atoms with Gasteiger partial charge < -0.3 is 5.21 Å². The molecule has 2 aromatic rings. The van der Waals surface area contributed by atoms with E-state index < -0.39 is 23.2 Å². The molecule has 20 heavy (non-hydrogen) atoms. The molecule has 0 aliphatic carbocycles. The van der Waals surface area contributed by atoms with Crippen LogP contribution >= 0.6 is 0 Å². The van der Waals surface area contributed by atoms with Crippen LogP contribution in [0.4, 0.5) is 23.2 Å². The minimum atomic E-state index is -4.62. The van der Waals surface area contributed by atoms with E-state index in [4.69, 9.17) is 0 Å². The van der Waals surface area contributed by atoms with Gasteiger partial charge in [-0.05, 0) is 30.3 Å². The van der Waals surface area contributed by atoms with Crippen molar-refractivity contribution in [2.24, 2.45) is 0 Å². The molecule has 2 aromatic carbocycles. The number of rotatable bonds is 2. The molecular formula is C14H9F4NO. The molecule has 0 fully saturated rings. The molecule has 0 amide bonds. The second kappa shape index (κ2) is 5.32. The number of hydrogen-bond donors (Lipinski definition) is 0. The fourth-order valence-electron chi connectivity index (χ4n) is 1.66. The lowest BCUT2D eigenvalue weighted by molar-refractivity contribution is -0.358. The molecule has 0 saturated heterocycles. The molecule has 6 heteroatoms. The summed E-state index contributed by atoms with van der Waals surface area (Å²) in [6.45, 7) is 0. The average Bonchev–Trinajstić information content (AvgIpc) is 2.40. The van der Waals surface area contributed by atoms with Gasteiger partial charge in [-0.2, -0.15) is 17.9 Å². The summed E-state index contributed by atoms with van der Waals surface area (Å²) in [5.41, 5.74) is -1.23. The summed E-state index contributed by atoms with van der Waals surface area (Å²) in [5.74, 6) is -0.490. The van der Waals surface area contributed by atoms with E-state index in [9.17, 15) is 22.8 Å². The Morgan fingerprint density at radius 2 is 1.55 bits per heavy atom. The number of nitrogens with zero attached hydrogens (tertiary/aromatic N) is 1. The zero-order valence-electron chi connectivity index (χ0n) is 10.1. The van der Waals surface area contributed by atoms with E-state index in [0.29, 0.717) is 5.56 Å². The number of hydrogen-bond acceptors (Lipinski definition) is 1. The molecule has 2 rings (SSSR count). The molecule has 0 aliphatic heterocycles. The SMILES string of the molecule is [O-][N+](=Cc1ccc(F)cc1)c1ccccc1C(F)(F)F. The van der Waals surface area contributed by atoms with Gasteiger partial charge >= 0.3 is 6.18 Å². The van der Waals surface area contributed by atoms with Crippen molar-refractivity contribution in [1.29, 1.82) is 0 Å². The van der Waals surface area contributed by atoms with Crippen molar-refractivity contribution in [3.8, 4) is 0 Å². The van der Waals surface area contributed by atoms with Gasteiger partial charge in [0.15, 0.2) is 6.21 Å². The van der Waals surface area contributed by atoms with Crippen LogP contribution in [0, 0.1) is 11.0 Å². The van der Waals surface area contributed by atoms with E-state index >= 15 is 0 Å². The fourth-order valence-corrected chi connectivity index (χ4v) is 1.66. The molecular weight excluding hydrogens is 274 g/mol. The van der Waals surface area contributed by atoms with Crippen LogP contribution < -0.4 is 0 Å². The zero-order chi connectivity index (χ0) is 14.8. The minimum Gasteiger partial charge on any atom is -0.618 e.